The van der Waals surface area contributed by atoms with Crippen LogP contribution in [-0.2, 0) is 10.0 Å². The van der Waals surface area contributed by atoms with Crippen LogP contribution in [0.15, 0.2) is 48.5 Å². The van der Waals surface area contributed by atoms with Crippen LogP contribution < -0.4 is 4.31 Å². The Morgan fingerprint density at radius 3 is 2.62 bits per heavy atom. The molecule has 2 saturated heterocycles. The summed E-state index contributed by atoms with van der Waals surface area (Å²) in [6.45, 7) is 3.07. The third-order valence-electron chi connectivity index (χ3n) is 6.53. The minimum Gasteiger partial charge on any atom is -0.291 e. The standard InChI is InChI=1S/C21H24N2O2S/c1-14-10-11-17-16(13-14)20-21(26(24,25)22(17)2)19(15-7-4-3-5-8-15)18-9-6-12-23(18)20/h3-5,7-8,10-11,13,18-21H,6,9,12H2,1-2H3/t18-,19+,20-,21-/m0/s1. The molecular formula is C21H24N2O2S. The molecule has 0 bridgehead atoms. The summed E-state index contributed by atoms with van der Waals surface area (Å²) in [6, 6.07) is 16.7. The molecule has 136 valence electrons. The molecule has 2 aromatic carbocycles. The smallest absolute Gasteiger partial charge is 0.240 e. The van der Waals surface area contributed by atoms with E-state index in [0.29, 0.717) is 6.04 Å². The van der Waals surface area contributed by atoms with E-state index < -0.39 is 15.3 Å². The lowest BCUT2D eigenvalue weighted by atomic mass is 9.87. The highest BCUT2D eigenvalue weighted by atomic mass is 32.2. The van der Waals surface area contributed by atoms with E-state index in [1.807, 2.05) is 30.3 Å². The van der Waals surface area contributed by atoms with Gasteiger partial charge in [-0.25, -0.2) is 8.42 Å². The van der Waals surface area contributed by atoms with Gasteiger partial charge in [0.05, 0.1) is 11.7 Å². The predicted molar refractivity (Wildman–Crippen MR) is 104 cm³/mol. The van der Waals surface area contributed by atoms with Crippen molar-refractivity contribution in [1.29, 1.82) is 0 Å². The van der Waals surface area contributed by atoms with E-state index >= 15 is 0 Å². The van der Waals surface area contributed by atoms with Gasteiger partial charge in [-0.05, 0) is 43.5 Å². The Labute approximate surface area is 155 Å². The number of fused-ring (bicyclic) bond motifs is 5. The van der Waals surface area contributed by atoms with Gasteiger partial charge in [0.2, 0.25) is 10.0 Å². The van der Waals surface area contributed by atoms with Crippen LogP contribution in [0.1, 0.15) is 41.5 Å². The number of aryl methyl sites for hydroxylation is 1. The molecule has 0 aromatic heterocycles. The zero-order valence-electron chi connectivity index (χ0n) is 15.2. The molecule has 0 saturated carbocycles. The first-order chi connectivity index (χ1) is 12.5. The minimum absolute atomic E-state index is 0.0322. The van der Waals surface area contributed by atoms with Gasteiger partial charge in [0.15, 0.2) is 0 Å². The second kappa shape index (κ2) is 5.57. The van der Waals surface area contributed by atoms with Gasteiger partial charge in [-0.2, -0.15) is 0 Å². The summed E-state index contributed by atoms with van der Waals surface area (Å²) in [6.07, 6.45) is 2.22. The van der Waals surface area contributed by atoms with Gasteiger partial charge >= 0.3 is 0 Å². The van der Waals surface area contributed by atoms with E-state index in [1.165, 1.54) is 15.4 Å². The van der Waals surface area contributed by atoms with Crippen LogP contribution in [0.3, 0.4) is 0 Å². The second-order valence-electron chi connectivity index (χ2n) is 7.87. The zero-order chi connectivity index (χ0) is 18.1. The van der Waals surface area contributed by atoms with E-state index in [0.717, 1.165) is 30.6 Å². The van der Waals surface area contributed by atoms with Crippen molar-refractivity contribution in [2.75, 3.05) is 17.9 Å². The molecule has 0 N–H and O–H groups in total. The number of sulfonamides is 1. The van der Waals surface area contributed by atoms with Crippen LogP contribution in [0.5, 0.6) is 0 Å². The molecular weight excluding hydrogens is 344 g/mol. The zero-order valence-corrected chi connectivity index (χ0v) is 16.0. The van der Waals surface area contributed by atoms with Crippen molar-refractivity contribution in [2.24, 2.45) is 0 Å². The van der Waals surface area contributed by atoms with Gasteiger partial charge in [0, 0.05) is 19.0 Å². The molecule has 5 heteroatoms. The fourth-order valence-electron chi connectivity index (χ4n) is 5.46. The topological polar surface area (TPSA) is 40.6 Å². The Hall–Kier alpha value is -1.85. The lowest BCUT2D eigenvalue weighted by Crippen LogP contribution is -2.46. The van der Waals surface area contributed by atoms with Gasteiger partial charge in [-0.1, -0.05) is 48.0 Å². The number of anilines is 1. The molecule has 5 rings (SSSR count). The van der Waals surface area contributed by atoms with Crippen LogP contribution in [-0.4, -0.2) is 38.2 Å². The molecule has 4 atom stereocenters. The van der Waals surface area contributed by atoms with Gasteiger partial charge in [0.25, 0.3) is 0 Å². The maximum absolute atomic E-state index is 13.6. The maximum Gasteiger partial charge on any atom is 0.240 e. The minimum atomic E-state index is -3.41. The van der Waals surface area contributed by atoms with Crippen LogP contribution in [0.25, 0.3) is 0 Å². The summed E-state index contributed by atoms with van der Waals surface area (Å²) in [7, 11) is -1.70. The summed E-state index contributed by atoms with van der Waals surface area (Å²) in [5.74, 6) is 0.0322. The molecule has 0 amide bonds. The molecule has 0 unspecified atom stereocenters. The first kappa shape index (κ1) is 16.3. The van der Waals surface area contributed by atoms with E-state index in [1.54, 1.807) is 7.05 Å². The monoisotopic (exact) mass is 368 g/mol. The van der Waals surface area contributed by atoms with E-state index in [9.17, 15) is 8.42 Å². The first-order valence-corrected chi connectivity index (χ1v) is 10.9. The maximum atomic E-state index is 13.6. The van der Waals surface area contributed by atoms with Crippen LogP contribution >= 0.6 is 0 Å². The van der Waals surface area contributed by atoms with Crippen molar-refractivity contribution in [2.45, 2.75) is 43.0 Å². The normalized spacial score (nSPS) is 32.2. The number of benzene rings is 2. The Kier molecular flexibility index (Phi) is 3.50. The summed E-state index contributed by atoms with van der Waals surface area (Å²) in [5.41, 5.74) is 4.37. The van der Waals surface area contributed by atoms with Crippen molar-refractivity contribution in [1.82, 2.24) is 4.90 Å². The highest BCUT2D eigenvalue weighted by Gasteiger charge is 2.60. The van der Waals surface area contributed by atoms with Crippen molar-refractivity contribution in [3.05, 3.63) is 65.2 Å². The third kappa shape index (κ3) is 2.07. The van der Waals surface area contributed by atoms with Gasteiger partial charge in [-0.15, -0.1) is 0 Å². The van der Waals surface area contributed by atoms with E-state index in [2.05, 4.69) is 30.0 Å². The van der Waals surface area contributed by atoms with E-state index in [-0.39, 0.29) is 12.0 Å². The number of nitrogens with zero attached hydrogens (tertiary/aromatic N) is 2. The van der Waals surface area contributed by atoms with Crippen LogP contribution in [0, 0.1) is 6.92 Å². The largest absolute Gasteiger partial charge is 0.291 e. The first-order valence-electron chi connectivity index (χ1n) is 9.39. The summed E-state index contributed by atoms with van der Waals surface area (Å²) in [4.78, 5) is 2.48. The Balaban J connectivity index is 1.76. The van der Waals surface area contributed by atoms with E-state index in [4.69, 9.17) is 0 Å². The average Bonchev–Trinajstić information content (AvgIpc) is 3.21. The molecule has 2 fully saturated rings. The summed E-state index contributed by atoms with van der Waals surface area (Å²) < 4.78 is 28.6. The molecule has 3 aliphatic heterocycles. The van der Waals surface area contributed by atoms with Gasteiger partial charge < -0.3 is 0 Å². The average molecular weight is 369 g/mol. The summed E-state index contributed by atoms with van der Waals surface area (Å²) in [5, 5.41) is -0.408. The number of hydrogen-bond acceptors (Lipinski definition) is 3. The molecule has 0 aliphatic carbocycles. The lowest BCUT2D eigenvalue weighted by Gasteiger charge is -2.39. The second-order valence-corrected chi connectivity index (χ2v) is 9.99. The van der Waals surface area contributed by atoms with Crippen LogP contribution in [0.2, 0.25) is 0 Å². The number of rotatable bonds is 1. The molecule has 26 heavy (non-hydrogen) atoms. The SMILES string of the molecule is Cc1ccc2c(c1)[C@H]1[C@H]([C@H](c3ccccc3)[C@@H]3CCCN31)S(=O)(=O)N2C. The quantitative estimate of drug-likeness (QED) is 0.774. The van der Waals surface area contributed by atoms with Gasteiger partial charge in [0.1, 0.15) is 5.25 Å². The molecule has 3 heterocycles. The highest BCUT2D eigenvalue weighted by Crippen LogP contribution is 2.56. The van der Waals surface area contributed by atoms with Gasteiger partial charge in [-0.3, -0.25) is 9.21 Å². The predicted octanol–water partition coefficient (Wildman–Crippen LogP) is 3.45. The molecule has 0 radical (unpaired) electrons. The Bertz CT molecular complexity index is 957. The Morgan fingerprint density at radius 2 is 1.85 bits per heavy atom. The number of hydrogen-bond donors (Lipinski definition) is 0. The van der Waals surface area contributed by atoms with Crippen molar-refractivity contribution >= 4 is 15.7 Å². The fourth-order valence-corrected chi connectivity index (χ4v) is 7.60. The highest BCUT2D eigenvalue weighted by molar-refractivity contribution is 7.93. The van der Waals surface area contributed by atoms with Crippen molar-refractivity contribution < 1.29 is 8.42 Å². The lowest BCUT2D eigenvalue weighted by molar-refractivity contribution is 0.244. The Morgan fingerprint density at radius 1 is 1.08 bits per heavy atom. The molecule has 4 nitrogen and oxygen atoms in total. The molecule has 0 spiro atoms. The third-order valence-corrected chi connectivity index (χ3v) is 8.73. The van der Waals surface area contributed by atoms with Crippen LogP contribution in [0.4, 0.5) is 5.69 Å². The van der Waals surface area contributed by atoms with Crippen molar-refractivity contribution in [3.63, 3.8) is 0 Å². The molecule has 2 aromatic rings. The summed E-state index contributed by atoms with van der Waals surface area (Å²) >= 11 is 0. The fraction of sp³-hybridized carbons (Fsp3) is 0.429. The molecule has 3 aliphatic rings. The van der Waals surface area contributed by atoms with Crippen molar-refractivity contribution in [3.8, 4) is 0 Å².